The van der Waals surface area contributed by atoms with Gasteiger partial charge < -0.3 is 20.2 Å². The number of urea groups is 1. The molecule has 6 nitrogen and oxygen atoms in total. The number of likely N-dealkylation sites (tertiary alicyclic amines) is 1. The number of carbonyl (C=O) groups excluding carboxylic acids is 1. The van der Waals surface area contributed by atoms with Gasteiger partial charge in [0.1, 0.15) is 0 Å². The molecule has 0 aromatic carbocycles. The van der Waals surface area contributed by atoms with Crippen molar-refractivity contribution in [2.24, 2.45) is 5.41 Å². The van der Waals surface area contributed by atoms with Crippen molar-refractivity contribution in [1.82, 2.24) is 15.1 Å². The maximum absolute atomic E-state index is 11.9. The molecule has 1 aliphatic heterocycles. The summed E-state index contributed by atoms with van der Waals surface area (Å²) in [6, 6.07) is 0.275. The maximum atomic E-state index is 11.9. The van der Waals surface area contributed by atoms with Crippen LogP contribution in [0.25, 0.3) is 0 Å². The largest absolute Gasteiger partial charge is 0.481 e. The predicted molar refractivity (Wildman–Crippen MR) is 66.4 cm³/mol. The number of hydrogen-bond acceptors (Lipinski definition) is 3. The van der Waals surface area contributed by atoms with E-state index in [0.717, 1.165) is 19.5 Å². The summed E-state index contributed by atoms with van der Waals surface area (Å²) in [4.78, 5) is 26.8. The molecule has 18 heavy (non-hydrogen) atoms. The third kappa shape index (κ3) is 2.58. The molecule has 1 aliphatic carbocycles. The summed E-state index contributed by atoms with van der Waals surface area (Å²) in [6.07, 6.45) is 2.32. The Bertz CT molecular complexity index is 352. The Morgan fingerprint density at radius 2 is 2.11 bits per heavy atom. The normalized spacial score (nSPS) is 25.3. The number of amides is 2. The van der Waals surface area contributed by atoms with Crippen molar-refractivity contribution in [1.29, 1.82) is 0 Å². The molecule has 2 amide bonds. The molecule has 1 heterocycles. The molecule has 0 bridgehead atoms. The van der Waals surface area contributed by atoms with E-state index in [2.05, 4.69) is 10.2 Å². The van der Waals surface area contributed by atoms with Crippen molar-refractivity contribution in [3.8, 4) is 0 Å². The molecule has 102 valence electrons. The van der Waals surface area contributed by atoms with Gasteiger partial charge in [0.05, 0.1) is 5.41 Å². The highest BCUT2D eigenvalue weighted by molar-refractivity contribution is 5.80. The minimum absolute atomic E-state index is 0.133. The van der Waals surface area contributed by atoms with Gasteiger partial charge in [0.2, 0.25) is 0 Å². The van der Waals surface area contributed by atoms with Crippen molar-refractivity contribution in [3.63, 3.8) is 0 Å². The first-order chi connectivity index (χ1) is 8.44. The van der Waals surface area contributed by atoms with E-state index in [1.165, 1.54) is 0 Å². The molecule has 2 fully saturated rings. The van der Waals surface area contributed by atoms with Gasteiger partial charge >= 0.3 is 12.0 Å². The van der Waals surface area contributed by atoms with Crippen LogP contribution in [0.4, 0.5) is 4.79 Å². The fourth-order valence-electron chi connectivity index (χ4n) is 2.32. The van der Waals surface area contributed by atoms with Crippen LogP contribution < -0.4 is 5.32 Å². The molecule has 1 saturated heterocycles. The summed E-state index contributed by atoms with van der Waals surface area (Å²) < 4.78 is 0. The summed E-state index contributed by atoms with van der Waals surface area (Å²) in [5.74, 6) is -0.796. The zero-order valence-corrected chi connectivity index (χ0v) is 11.0. The summed E-state index contributed by atoms with van der Waals surface area (Å²) in [7, 11) is 4.02. The Hall–Kier alpha value is -1.30. The van der Waals surface area contributed by atoms with Crippen LogP contribution in [0.3, 0.4) is 0 Å². The lowest BCUT2D eigenvalue weighted by Crippen LogP contribution is -2.43. The summed E-state index contributed by atoms with van der Waals surface area (Å²) >= 11 is 0. The molecule has 1 unspecified atom stereocenters. The van der Waals surface area contributed by atoms with Crippen LogP contribution in [-0.4, -0.2) is 66.7 Å². The number of carboxylic acid groups (broad SMARTS) is 1. The molecule has 1 atom stereocenters. The lowest BCUT2D eigenvalue weighted by atomic mass is 10.1. The molecule has 0 aromatic heterocycles. The molecule has 0 radical (unpaired) electrons. The van der Waals surface area contributed by atoms with Crippen LogP contribution >= 0.6 is 0 Å². The average Bonchev–Trinajstić information content (AvgIpc) is 2.94. The van der Waals surface area contributed by atoms with Crippen LogP contribution in [-0.2, 0) is 4.79 Å². The van der Waals surface area contributed by atoms with E-state index in [1.54, 1.807) is 4.90 Å². The summed E-state index contributed by atoms with van der Waals surface area (Å²) in [5.41, 5.74) is -0.684. The van der Waals surface area contributed by atoms with Gasteiger partial charge in [0.15, 0.2) is 0 Å². The summed E-state index contributed by atoms with van der Waals surface area (Å²) in [5, 5.41) is 11.8. The molecule has 2 aliphatic rings. The molecule has 2 rings (SSSR count). The van der Waals surface area contributed by atoms with E-state index in [-0.39, 0.29) is 12.6 Å². The van der Waals surface area contributed by atoms with Crippen molar-refractivity contribution >= 4 is 12.0 Å². The average molecular weight is 255 g/mol. The Balaban J connectivity index is 1.78. The maximum Gasteiger partial charge on any atom is 0.317 e. The molecule has 2 N–H and O–H groups in total. The number of hydrogen-bond donors (Lipinski definition) is 2. The second-order valence-electron chi connectivity index (χ2n) is 5.60. The van der Waals surface area contributed by atoms with Gasteiger partial charge in [-0.15, -0.1) is 0 Å². The number of carbonyl (C=O) groups is 2. The Labute approximate surface area is 107 Å². The van der Waals surface area contributed by atoms with Crippen molar-refractivity contribution in [2.75, 3.05) is 33.7 Å². The number of likely N-dealkylation sites (N-methyl/N-ethyl adjacent to an activating group) is 1. The first-order valence-corrected chi connectivity index (χ1v) is 6.37. The fourth-order valence-corrected chi connectivity index (χ4v) is 2.32. The van der Waals surface area contributed by atoms with Gasteiger partial charge in [-0.25, -0.2) is 4.79 Å². The molecular weight excluding hydrogens is 234 g/mol. The molecule has 0 aromatic rings. The first kappa shape index (κ1) is 13.1. The van der Waals surface area contributed by atoms with Gasteiger partial charge in [0, 0.05) is 25.7 Å². The van der Waals surface area contributed by atoms with E-state index in [1.807, 2.05) is 14.1 Å². The zero-order chi connectivity index (χ0) is 13.3. The van der Waals surface area contributed by atoms with Crippen LogP contribution in [0.5, 0.6) is 0 Å². The molecule has 0 spiro atoms. The zero-order valence-electron chi connectivity index (χ0n) is 11.0. The van der Waals surface area contributed by atoms with Crippen LogP contribution in [0.2, 0.25) is 0 Å². The highest BCUT2D eigenvalue weighted by atomic mass is 16.4. The monoisotopic (exact) mass is 255 g/mol. The standard InChI is InChI=1S/C12H21N3O3/c1-14(2)9-3-6-15(7-9)11(18)13-8-12(4-5-12)10(16)17/h9H,3-8H2,1-2H3,(H,13,18)(H,16,17). The van der Waals surface area contributed by atoms with Gasteiger partial charge in [-0.2, -0.15) is 0 Å². The lowest BCUT2D eigenvalue weighted by Gasteiger charge is -2.21. The van der Waals surface area contributed by atoms with Crippen LogP contribution in [0.1, 0.15) is 19.3 Å². The second kappa shape index (κ2) is 4.76. The van der Waals surface area contributed by atoms with Crippen molar-refractivity contribution in [2.45, 2.75) is 25.3 Å². The Morgan fingerprint density at radius 3 is 2.56 bits per heavy atom. The molecular formula is C12H21N3O3. The number of nitrogens with zero attached hydrogens (tertiary/aromatic N) is 2. The van der Waals surface area contributed by atoms with E-state index in [4.69, 9.17) is 5.11 Å². The minimum Gasteiger partial charge on any atom is -0.481 e. The highest BCUT2D eigenvalue weighted by Gasteiger charge is 2.50. The van der Waals surface area contributed by atoms with E-state index in [0.29, 0.717) is 18.9 Å². The van der Waals surface area contributed by atoms with Gasteiger partial charge in [-0.1, -0.05) is 0 Å². The van der Waals surface area contributed by atoms with E-state index < -0.39 is 11.4 Å². The molecule has 1 saturated carbocycles. The fraction of sp³-hybridized carbons (Fsp3) is 0.833. The van der Waals surface area contributed by atoms with Crippen LogP contribution in [0, 0.1) is 5.41 Å². The van der Waals surface area contributed by atoms with Crippen molar-refractivity contribution < 1.29 is 14.7 Å². The lowest BCUT2D eigenvalue weighted by molar-refractivity contribution is -0.143. The van der Waals surface area contributed by atoms with E-state index >= 15 is 0 Å². The number of carboxylic acids is 1. The predicted octanol–water partition coefficient (Wildman–Crippen LogP) is 0.197. The topological polar surface area (TPSA) is 72.9 Å². The van der Waals surface area contributed by atoms with Gasteiger partial charge in [-0.05, 0) is 33.4 Å². The molecule has 6 heteroatoms. The highest BCUT2D eigenvalue weighted by Crippen LogP contribution is 2.45. The Morgan fingerprint density at radius 1 is 1.44 bits per heavy atom. The van der Waals surface area contributed by atoms with E-state index in [9.17, 15) is 9.59 Å². The third-order valence-electron chi connectivity index (χ3n) is 4.07. The third-order valence-corrected chi connectivity index (χ3v) is 4.07. The second-order valence-corrected chi connectivity index (χ2v) is 5.60. The van der Waals surface area contributed by atoms with Crippen LogP contribution in [0.15, 0.2) is 0 Å². The first-order valence-electron chi connectivity index (χ1n) is 6.37. The summed E-state index contributed by atoms with van der Waals surface area (Å²) in [6.45, 7) is 1.72. The van der Waals surface area contributed by atoms with Gasteiger partial charge in [-0.3, -0.25) is 4.79 Å². The Kier molecular flexibility index (Phi) is 3.47. The SMILES string of the molecule is CN(C)C1CCN(C(=O)NCC2(C(=O)O)CC2)C1. The number of aliphatic carboxylic acids is 1. The quantitative estimate of drug-likeness (QED) is 0.752. The van der Waals surface area contributed by atoms with Gasteiger partial charge in [0.25, 0.3) is 0 Å². The minimum atomic E-state index is -0.796. The van der Waals surface area contributed by atoms with Crippen molar-refractivity contribution in [3.05, 3.63) is 0 Å². The number of nitrogens with one attached hydrogen (secondary N) is 1. The number of rotatable bonds is 4. The smallest absolute Gasteiger partial charge is 0.317 e.